The molecule has 1 nitrogen and oxygen atoms in total. The molecule has 0 aromatic heterocycles. The summed E-state index contributed by atoms with van der Waals surface area (Å²) in [6.45, 7) is 1.31. The zero-order valence-corrected chi connectivity index (χ0v) is 11.1. The van der Waals surface area contributed by atoms with Crippen molar-refractivity contribution in [3.05, 3.63) is 32.5 Å². The molecule has 1 fully saturated rings. The Kier molecular flexibility index (Phi) is 4.00. The fourth-order valence-corrected chi connectivity index (χ4v) is 2.90. The van der Waals surface area contributed by atoms with E-state index in [2.05, 4.69) is 21.2 Å². The van der Waals surface area contributed by atoms with Crippen molar-refractivity contribution < 1.29 is 13.2 Å². The van der Waals surface area contributed by atoms with Gasteiger partial charge >= 0.3 is 0 Å². The van der Waals surface area contributed by atoms with E-state index in [4.69, 9.17) is 11.6 Å². The van der Waals surface area contributed by atoms with Crippen molar-refractivity contribution in [1.82, 2.24) is 5.32 Å². The lowest BCUT2D eigenvalue weighted by atomic mass is 9.91. The monoisotopic (exact) mass is 327 g/mol. The smallest absolute Gasteiger partial charge is 0.176 e. The molecule has 1 aromatic rings. The van der Waals surface area contributed by atoms with Crippen LogP contribution in [0.25, 0.3) is 0 Å². The largest absolute Gasteiger partial charge is 0.316 e. The molecule has 1 unspecified atom stereocenters. The zero-order valence-electron chi connectivity index (χ0n) is 8.80. The molecule has 1 aliphatic rings. The minimum absolute atomic E-state index is 0.0583. The third-order valence-electron chi connectivity index (χ3n) is 2.95. The van der Waals surface area contributed by atoms with Gasteiger partial charge in [0.1, 0.15) is 0 Å². The Bertz CT molecular complexity index is 418. The molecular weight excluding hydrogens is 318 g/mol. The van der Waals surface area contributed by atoms with Crippen LogP contribution >= 0.6 is 27.5 Å². The first-order valence-electron chi connectivity index (χ1n) is 5.26. The van der Waals surface area contributed by atoms with Gasteiger partial charge in [0.15, 0.2) is 17.5 Å². The fourth-order valence-electron chi connectivity index (χ4n) is 2.08. The highest BCUT2D eigenvalue weighted by atomic mass is 79.9. The van der Waals surface area contributed by atoms with E-state index in [1.165, 1.54) is 0 Å². The van der Waals surface area contributed by atoms with E-state index in [9.17, 15) is 13.2 Å². The Labute approximate surface area is 110 Å². The molecule has 2 rings (SSSR count). The number of hydrogen-bond acceptors (Lipinski definition) is 1. The second kappa shape index (κ2) is 5.16. The van der Waals surface area contributed by atoms with Gasteiger partial charge in [-0.15, -0.1) is 0 Å². The quantitative estimate of drug-likeness (QED) is 0.607. The van der Waals surface area contributed by atoms with Crippen LogP contribution in [0.2, 0.25) is 5.02 Å². The molecule has 1 aromatic carbocycles. The minimum Gasteiger partial charge on any atom is -0.316 e. The Morgan fingerprint density at radius 1 is 1.18 bits per heavy atom. The first-order valence-corrected chi connectivity index (χ1v) is 6.43. The van der Waals surface area contributed by atoms with E-state index in [0.717, 1.165) is 13.0 Å². The fraction of sp³-hybridized carbons (Fsp3) is 0.455. The summed E-state index contributed by atoms with van der Waals surface area (Å²) >= 11 is 8.42. The van der Waals surface area contributed by atoms with Crippen molar-refractivity contribution in [3.8, 4) is 0 Å². The lowest BCUT2D eigenvalue weighted by molar-refractivity contribution is 0.423. The number of rotatable bonds is 1. The Morgan fingerprint density at radius 2 is 1.88 bits per heavy atom. The average Bonchev–Trinajstić information content (AvgIpc) is 2.36. The molecule has 17 heavy (non-hydrogen) atoms. The molecule has 94 valence electrons. The van der Waals surface area contributed by atoms with Gasteiger partial charge < -0.3 is 5.32 Å². The highest BCUT2D eigenvalue weighted by Crippen LogP contribution is 2.38. The van der Waals surface area contributed by atoms with Crippen LogP contribution in [0.15, 0.2) is 4.47 Å². The number of nitrogens with one attached hydrogen (secondary N) is 1. The Morgan fingerprint density at radius 3 is 2.47 bits per heavy atom. The standard InChI is InChI=1S/C11H10BrClF3N/c12-7-10(15)8(13)6(9(14)11(7)16)5-2-1-3-17-4-5/h5,17H,1-4H2. The van der Waals surface area contributed by atoms with Crippen molar-refractivity contribution in [2.75, 3.05) is 13.1 Å². The summed E-state index contributed by atoms with van der Waals surface area (Å²) < 4.78 is 40.3. The van der Waals surface area contributed by atoms with Gasteiger partial charge in [0.05, 0.1) is 9.50 Å². The molecular formula is C11H10BrClF3N. The molecule has 0 spiro atoms. The second-order valence-electron chi connectivity index (χ2n) is 4.03. The molecule has 0 bridgehead atoms. The molecule has 1 saturated heterocycles. The van der Waals surface area contributed by atoms with E-state index in [1.807, 2.05) is 0 Å². The van der Waals surface area contributed by atoms with Gasteiger partial charge in [0.25, 0.3) is 0 Å². The van der Waals surface area contributed by atoms with Gasteiger partial charge in [0.2, 0.25) is 0 Å². The maximum absolute atomic E-state index is 13.8. The summed E-state index contributed by atoms with van der Waals surface area (Å²) in [5.74, 6) is -3.50. The average molecular weight is 329 g/mol. The molecule has 1 heterocycles. The summed E-state index contributed by atoms with van der Waals surface area (Å²) in [6, 6.07) is 0. The van der Waals surface area contributed by atoms with Gasteiger partial charge in [-0.2, -0.15) is 0 Å². The summed E-state index contributed by atoms with van der Waals surface area (Å²) in [6.07, 6.45) is 1.50. The molecule has 1 atom stereocenters. The van der Waals surface area contributed by atoms with Crippen LogP contribution in [-0.4, -0.2) is 13.1 Å². The lowest BCUT2D eigenvalue weighted by Gasteiger charge is -2.25. The van der Waals surface area contributed by atoms with Crippen molar-refractivity contribution in [1.29, 1.82) is 0 Å². The number of halogens is 5. The lowest BCUT2D eigenvalue weighted by Crippen LogP contribution is -2.29. The molecule has 0 aliphatic carbocycles. The van der Waals surface area contributed by atoms with Crippen LogP contribution in [0.5, 0.6) is 0 Å². The van der Waals surface area contributed by atoms with E-state index in [1.54, 1.807) is 0 Å². The third kappa shape index (κ3) is 2.33. The minimum atomic E-state index is -1.22. The van der Waals surface area contributed by atoms with Gasteiger partial charge in [0, 0.05) is 18.0 Å². The number of hydrogen-bond donors (Lipinski definition) is 1. The van der Waals surface area contributed by atoms with E-state index >= 15 is 0 Å². The van der Waals surface area contributed by atoms with Crippen molar-refractivity contribution in [3.63, 3.8) is 0 Å². The van der Waals surface area contributed by atoms with E-state index in [-0.39, 0.29) is 16.5 Å². The van der Waals surface area contributed by atoms with E-state index in [0.29, 0.717) is 13.0 Å². The van der Waals surface area contributed by atoms with Gasteiger partial charge in [-0.1, -0.05) is 11.6 Å². The molecule has 0 radical (unpaired) electrons. The summed E-state index contributed by atoms with van der Waals surface area (Å²) in [5.41, 5.74) is -0.0583. The normalized spacial score (nSPS) is 20.6. The predicted molar refractivity (Wildman–Crippen MR) is 63.9 cm³/mol. The van der Waals surface area contributed by atoms with Crippen LogP contribution < -0.4 is 5.32 Å². The summed E-state index contributed by atoms with van der Waals surface area (Å²) in [5, 5.41) is 2.73. The van der Waals surface area contributed by atoms with Crippen LogP contribution in [0.1, 0.15) is 24.3 Å². The van der Waals surface area contributed by atoms with Crippen molar-refractivity contribution in [2.45, 2.75) is 18.8 Å². The third-order valence-corrected chi connectivity index (χ3v) is 4.01. The molecule has 1 N–H and O–H groups in total. The first kappa shape index (κ1) is 13.2. The number of benzene rings is 1. The molecule has 0 saturated carbocycles. The van der Waals surface area contributed by atoms with Gasteiger partial charge in [-0.3, -0.25) is 0 Å². The topological polar surface area (TPSA) is 12.0 Å². The Balaban J connectivity index is 2.52. The maximum Gasteiger partial charge on any atom is 0.176 e. The van der Waals surface area contributed by atoms with Crippen molar-refractivity contribution >= 4 is 27.5 Å². The Hall–Kier alpha value is -0.260. The molecule has 6 heteroatoms. The summed E-state index contributed by atoms with van der Waals surface area (Å²) in [4.78, 5) is 0. The van der Waals surface area contributed by atoms with Crippen LogP contribution in [0, 0.1) is 17.5 Å². The molecule has 1 aliphatic heterocycles. The molecule has 0 amide bonds. The van der Waals surface area contributed by atoms with Gasteiger partial charge in [-0.25, -0.2) is 13.2 Å². The number of piperidine rings is 1. The van der Waals surface area contributed by atoms with Gasteiger partial charge in [-0.05, 0) is 35.3 Å². The maximum atomic E-state index is 13.8. The van der Waals surface area contributed by atoms with Crippen LogP contribution in [0.4, 0.5) is 13.2 Å². The highest BCUT2D eigenvalue weighted by Gasteiger charge is 2.28. The predicted octanol–water partition coefficient (Wildman–Crippen LogP) is 3.99. The van der Waals surface area contributed by atoms with Crippen molar-refractivity contribution in [2.24, 2.45) is 0 Å². The first-order chi connectivity index (χ1) is 8.04. The second-order valence-corrected chi connectivity index (χ2v) is 5.20. The van der Waals surface area contributed by atoms with Crippen LogP contribution in [-0.2, 0) is 0 Å². The summed E-state index contributed by atoms with van der Waals surface area (Å²) in [7, 11) is 0. The van der Waals surface area contributed by atoms with E-state index < -0.39 is 21.9 Å². The van der Waals surface area contributed by atoms with Crippen LogP contribution in [0.3, 0.4) is 0 Å². The zero-order chi connectivity index (χ0) is 12.6. The highest BCUT2D eigenvalue weighted by molar-refractivity contribution is 9.10. The SMILES string of the molecule is Fc1c(F)c(C2CCCNC2)c(Cl)c(F)c1Br.